The van der Waals surface area contributed by atoms with Gasteiger partial charge in [-0.25, -0.2) is 0 Å². The van der Waals surface area contributed by atoms with Crippen LogP contribution in [0, 0.1) is 11.3 Å². The van der Waals surface area contributed by atoms with Crippen LogP contribution in [0.25, 0.3) is 0 Å². The van der Waals surface area contributed by atoms with E-state index in [0.29, 0.717) is 17.5 Å². The van der Waals surface area contributed by atoms with Gasteiger partial charge in [0, 0.05) is 18.6 Å². The van der Waals surface area contributed by atoms with E-state index in [9.17, 15) is 0 Å². The maximum atomic E-state index is 3.57. The van der Waals surface area contributed by atoms with Crippen molar-refractivity contribution in [3.05, 3.63) is 0 Å². The minimum atomic E-state index is 0.601. The summed E-state index contributed by atoms with van der Waals surface area (Å²) in [5, 5.41) is 3.57. The molecule has 2 nitrogen and oxygen atoms in total. The number of rotatable bonds is 7. The molecule has 1 aliphatic heterocycles. The summed E-state index contributed by atoms with van der Waals surface area (Å²) in [6, 6.07) is 1.31. The fourth-order valence-electron chi connectivity index (χ4n) is 3.10. The molecule has 0 amide bonds. The maximum Gasteiger partial charge on any atom is 0.0105 e. The lowest BCUT2D eigenvalue weighted by atomic mass is 9.82. The molecule has 2 heteroatoms. The zero-order valence-corrected chi connectivity index (χ0v) is 13.4. The van der Waals surface area contributed by atoms with E-state index >= 15 is 0 Å². The minimum Gasteiger partial charge on any atom is -0.314 e. The Bertz CT molecular complexity index is 233. The molecule has 1 N–H and O–H groups in total. The number of nitrogens with one attached hydrogen (secondary N) is 1. The van der Waals surface area contributed by atoms with E-state index < -0.39 is 0 Å². The highest BCUT2D eigenvalue weighted by Gasteiger charge is 2.37. The number of likely N-dealkylation sites (tertiary alicyclic amines) is 1. The SMILES string of the molecule is CCC1(CC)CCN(C(C)C(C)CNC(C)C)C1. The first-order valence-electron chi connectivity index (χ1n) is 7.91. The highest BCUT2D eigenvalue weighted by atomic mass is 15.2. The lowest BCUT2D eigenvalue weighted by Crippen LogP contribution is -2.42. The van der Waals surface area contributed by atoms with Crippen molar-refractivity contribution in [2.45, 2.75) is 72.9 Å². The van der Waals surface area contributed by atoms with Crippen molar-refractivity contribution in [1.82, 2.24) is 10.2 Å². The van der Waals surface area contributed by atoms with Gasteiger partial charge in [0.15, 0.2) is 0 Å². The standard InChI is InChI=1S/C16H34N2/c1-7-16(8-2)9-10-18(12-16)15(6)14(5)11-17-13(3)4/h13-15,17H,7-12H2,1-6H3. The smallest absolute Gasteiger partial charge is 0.0105 e. The van der Waals surface area contributed by atoms with Crippen molar-refractivity contribution in [2.24, 2.45) is 11.3 Å². The van der Waals surface area contributed by atoms with Gasteiger partial charge in [0.1, 0.15) is 0 Å². The Labute approximate surface area is 115 Å². The third kappa shape index (κ3) is 3.96. The molecule has 0 radical (unpaired) electrons. The van der Waals surface area contributed by atoms with Crippen LogP contribution in [-0.2, 0) is 0 Å². The molecule has 1 saturated heterocycles. The summed E-state index contributed by atoms with van der Waals surface area (Å²) in [7, 11) is 0. The first kappa shape index (κ1) is 16.0. The second-order valence-corrected chi connectivity index (χ2v) is 6.71. The van der Waals surface area contributed by atoms with E-state index in [1.165, 1.54) is 32.4 Å². The van der Waals surface area contributed by atoms with Crippen molar-refractivity contribution in [3.8, 4) is 0 Å². The third-order valence-electron chi connectivity index (χ3n) is 5.22. The molecule has 0 saturated carbocycles. The Hall–Kier alpha value is -0.0800. The fourth-order valence-corrected chi connectivity index (χ4v) is 3.10. The van der Waals surface area contributed by atoms with Gasteiger partial charge >= 0.3 is 0 Å². The van der Waals surface area contributed by atoms with E-state index in [1.54, 1.807) is 0 Å². The minimum absolute atomic E-state index is 0.601. The Kier molecular flexibility index (Phi) is 6.13. The molecule has 108 valence electrons. The molecule has 0 aromatic carbocycles. The molecule has 0 spiro atoms. The van der Waals surface area contributed by atoms with Crippen LogP contribution in [0.4, 0.5) is 0 Å². The summed E-state index contributed by atoms with van der Waals surface area (Å²) in [5.41, 5.74) is 0.611. The number of nitrogens with zero attached hydrogens (tertiary/aromatic N) is 1. The van der Waals surface area contributed by atoms with Gasteiger partial charge in [-0.1, -0.05) is 34.6 Å². The van der Waals surface area contributed by atoms with E-state index in [0.717, 1.165) is 12.5 Å². The number of hydrogen-bond acceptors (Lipinski definition) is 2. The Balaban J connectivity index is 2.46. The molecule has 1 aliphatic rings. The predicted octanol–water partition coefficient (Wildman–Crippen LogP) is 3.52. The van der Waals surface area contributed by atoms with Crippen molar-refractivity contribution in [3.63, 3.8) is 0 Å². The summed E-state index contributed by atoms with van der Waals surface area (Å²) in [5.74, 6) is 0.733. The maximum absolute atomic E-state index is 3.57. The van der Waals surface area contributed by atoms with E-state index in [-0.39, 0.29) is 0 Å². The van der Waals surface area contributed by atoms with E-state index in [1.807, 2.05) is 0 Å². The summed E-state index contributed by atoms with van der Waals surface area (Å²) < 4.78 is 0. The van der Waals surface area contributed by atoms with Crippen LogP contribution in [0.15, 0.2) is 0 Å². The lowest BCUT2D eigenvalue weighted by molar-refractivity contribution is 0.162. The van der Waals surface area contributed by atoms with Crippen LogP contribution in [0.2, 0.25) is 0 Å². The average Bonchev–Trinajstić information content (AvgIpc) is 2.80. The van der Waals surface area contributed by atoms with Crippen molar-refractivity contribution < 1.29 is 0 Å². The second kappa shape index (κ2) is 6.91. The lowest BCUT2D eigenvalue weighted by Gasteiger charge is -2.33. The van der Waals surface area contributed by atoms with Crippen molar-refractivity contribution >= 4 is 0 Å². The van der Waals surface area contributed by atoms with Gasteiger partial charge in [0.25, 0.3) is 0 Å². The Morgan fingerprint density at radius 1 is 1.11 bits per heavy atom. The van der Waals surface area contributed by atoms with Crippen LogP contribution < -0.4 is 5.32 Å². The molecule has 0 aromatic heterocycles. The van der Waals surface area contributed by atoms with Gasteiger partial charge in [-0.3, -0.25) is 4.90 Å². The second-order valence-electron chi connectivity index (χ2n) is 6.71. The monoisotopic (exact) mass is 254 g/mol. The van der Waals surface area contributed by atoms with Crippen molar-refractivity contribution in [1.29, 1.82) is 0 Å². The molecule has 2 atom stereocenters. The van der Waals surface area contributed by atoms with Gasteiger partial charge < -0.3 is 5.32 Å². The Morgan fingerprint density at radius 2 is 1.72 bits per heavy atom. The molecule has 18 heavy (non-hydrogen) atoms. The summed E-state index contributed by atoms with van der Waals surface area (Å²) in [6.07, 6.45) is 4.07. The highest BCUT2D eigenvalue weighted by molar-refractivity contribution is 4.91. The topological polar surface area (TPSA) is 15.3 Å². The van der Waals surface area contributed by atoms with Crippen LogP contribution in [0.1, 0.15) is 60.8 Å². The first-order valence-corrected chi connectivity index (χ1v) is 7.91. The van der Waals surface area contributed by atoms with Gasteiger partial charge in [-0.15, -0.1) is 0 Å². The zero-order chi connectivity index (χ0) is 13.8. The predicted molar refractivity (Wildman–Crippen MR) is 81.0 cm³/mol. The molecule has 2 unspecified atom stereocenters. The summed E-state index contributed by atoms with van der Waals surface area (Å²) >= 11 is 0. The first-order chi connectivity index (χ1) is 8.44. The van der Waals surface area contributed by atoms with Gasteiger partial charge in [-0.05, 0) is 50.6 Å². The molecule has 1 rings (SSSR count). The fraction of sp³-hybridized carbons (Fsp3) is 1.00. The van der Waals surface area contributed by atoms with Crippen LogP contribution in [-0.4, -0.2) is 36.6 Å². The third-order valence-corrected chi connectivity index (χ3v) is 5.22. The van der Waals surface area contributed by atoms with E-state index in [4.69, 9.17) is 0 Å². The van der Waals surface area contributed by atoms with Crippen LogP contribution >= 0.6 is 0 Å². The summed E-state index contributed by atoms with van der Waals surface area (Å²) in [4.78, 5) is 2.72. The van der Waals surface area contributed by atoms with Crippen LogP contribution in [0.5, 0.6) is 0 Å². The molecular weight excluding hydrogens is 220 g/mol. The van der Waals surface area contributed by atoms with Gasteiger partial charge in [-0.2, -0.15) is 0 Å². The largest absolute Gasteiger partial charge is 0.314 e. The molecular formula is C16H34N2. The Morgan fingerprint density at radius 3 is 2.17 bits per heavy atom. The number of hydrogen-bond donors (Lipinski definition) is 1. The molecule has 1 heterocycles. The molecule has 0 bridgehead atoms. The van der Waals surface area contributed by atoms with Crippen LogP contribution in [0.3, 0.4) is 0 Å². The molecule has 0 aliphatic carbocycles. The average molecular weight is 254 g/mol. The normalized spacial score (nSPS) is 23.5. The summed E-state index contributed by atoms with van der Waals surface area (Å²) in [6.45, 7) is 17.7. The van der Waals surface area contributed by atoms with E-state index in [2.05, 4.69) is 51.8 Å². The quantitative estimate of drug-likeness (QED) is 0.748. The van der Waals surface area contributed by atoms with Gasteiger partial charge in [0.05, 0.1) is 0 Å². The highest BCUT2D eigenvalue weighted by Crippen LogP contribution is 2.38. The zero-order valence-electron chi connectivity index (χ0n) is 13.4. The van der Waals surface area contributed by atoms with Crippen molar-refractivity contribution in [2.75, 3.05) is 19.6 Å². The molecule has 1 fully saturated rings. The molecule has 0 aromatic rings. The van der Waals surface area contributed by atoms with Gasteiger partial charge in [0.2, 0.25) is 0 Å².